The number of fused-ring (bicyclic) bond motifs is 3. The number of nitrogens with zero attached hydrogens (tertiary/aromatic N) is 1. The van der Waals surface area contributed by atoms with Gasteiger partial charge in [0, 0.05) is 0 Å². The third-order valence-electron chi connectivity index (χ3n) is 5.73. The molecule has 5 rings (SSSR count). The zero-order valence-corrected chi connectivity index (χ0v) is 19.3. The van der Waals surface area contributed by atoms with Crippen LogP contribution in [-0.4, -0.2) is 23.0 Å². The van der Waals surface area contributed by atoms with Crippen LogP contribution in [-0.2, 0) is 7.05 Å². The Bertz CT molecular complexity index is 1250. The molecule has 3 heteroatoms. The molecule has 0 aliphatic carbocycles. The standard InChI is InChI=1S/C24H24NSeSi/c1-15-13-14-16-9-8-12-19-21(16)20(15)22-23(26-19)24(27(3,4)5)17-10-6-7-11-18(17)25(22)2/h6-14H,1-5H3/q+1. The first kappa shape index (κ1) is 17.2. The van der Waals surface area contributed by atoms with E-state index in [1.807, 2.05) is 0 Å². The SMILES string of the molecule is Cc1ccc2cccc3c2c1-c1c(c([Si](C)(C)C)c2ccccc2[n+]1C)[Se]3. The van der Waals surface area contributed by atoms with E-state index in [2.05, 4.69) is 92.8 Å². The number of aromatic nitrogens is 1. The van der Waals surface area contributed by atoms with Crippen molar-refractivity contribution in [1.29, 1.82) is 0 Å². The van der Waals surface area contributed by atoms with Gasteiger partial charge in [-0.2, -0.15) is 0 Å². The van der Waals surface area contributed by atoms with Crippen LogP contribution in [0.3, 0.4) is 0 Å². The summed E-state index contributed by atoms with van der Waals surface area (Å²) in [5.74, 6) is 0. The Morgan fingerprint density at radius 1 is 0.889 bits per heavy atom. The normalized spacial score (nSPS) is 13.2. The second kappa shape index (κ2) is 5.78. The molecule has 4 aromatic rings. The first-order chi connectivity index (χ1) is 12.9. The van der Waals surface area contributed by atoms with E-state index in [1.165, 1.54) is 38.5 Å². The summed E-state index contributed by atoms with van der Waals surface area (Å²) < 4.78 is 5.63. The van der Waals surface area contributed by atoms with Crippen LogP contribution in [0.1, 0.15) is 5.56 Å². The molecule has 0 unspecified atom stereocenters. The van der Waals surface area contributed by atoms with Crippen molar-refractivity contribution in [3.8, 4) is 11.3 Å². The third kappa shape index (κ3) is 2.39. The van der Waals surface area contributed by atoms with Gasteiger partial charge in [0.05, 0.1) is 0 Å². The summed E-state index contributed by atoms with van der Waals surface area (Å²) in [4.78, 5) is 0. The molecule has 1 aliphatic heterocycles. The zero-order valence-electron chi connectivity index (χ0n) is 16.6. The van der Waals surface area contributed by atoms with Gasteiger partial charge in [0.15, 0.2) is 0 Å². The van der Waals surface area contributed by atoms with Crippen molar-refractivity contribution < 1.29 is 4.57 Å². The summed E-state index contributed by atoms with van der Waals surface area (Å²) in [5.41, 5.74) is 5.67. The van der Waals surface area contributed by atoms with Crippen molar-refractivity contribution >= 4 is 58.8 Å². The van der Waals surface area contributed by atoms with Crippen molar-refractivity contribution in [2.24, 2.45) is 7.05 Å². The molecule has 1 aliphatic rings. The van der Waals surface area contributed by atoms with Crippen LogP contribution >= 0.6 is 0 Å². The number of rotatable bonds is 1. The predicted octanol–water partition coefficient (Wildman–Crippen LogP) is 3.31. The molecular weight excluding hydrogens is 409 g/mol. The van der Waals surface area contributed by atoms with Crippen molar-refractivity contribution in [2.45, 2.75) is 26.6 Å². The molecule has 1 nitrogen and oxygen atoms in total. The molecule has 1 aromatic heterocycles. The van der Waals surface area contributed by atoms with Gasteiger partial charge in [-0.15, -0.1) is 0 Å². The van der Waals surface area contributed by atoms with E-state index >= 15 is 0 Å². The number of hydrogen-bond acceptors (Lipinski definition) is 0. The van der Waals surface area contributed by atoms with Crippen LogP contribution in [0.25, 0.3) is 32.9 Å². The summed E-state index contributed by atoms with van der Waals surface area (Å²) >= 11 is 0.340. The van der Waals surface area contributed by atoms with Gasteiger partial charge < -0.3 is 0 Å². The van der Waals surface area contributed by atoms with E-state index in [1.54, 1.807) is 14.1 Å². The van der Waals surface area contributed by atoms with Gasteiger partial charge in [-0.25, -0.2) is 0 Å². The molecule has 0 atom stereocenters. The van der Waals surface area contributed by atoms with Gasteiger partial charge in [0.2, 0.25) is 0 Å². The number of pyridine rings is 1. The van der Waals surface area contributed by atoms with Gasteiger partial charge in [-0.1, -0.05) is 0 Å². The molecule has 0 amide bonds. The Labute approximate surface area is 168 Å². The van der Waals surface area contributed by atoms with E-state index in [-0.39, 0.29) is 0 Å². The molecule has 0 N–H and O–H groups in total. The number of aryl methyl sites for hydroxylation is 2. The first-order valence-electron chi connectivity index (χ1n) is 9.53. The average molecular weight is 434 g/mol. The Morgan fingerprint density at radius 3 is 2.44 bits per heavy atom. The van der Waals surface area contributed by atoms with Crippen LogP contribution in [0.4, 0.5) is 0 Å². The Kier molecular flexibility index (Phi) is 3.68. The number of hydrogen-bond donors (Lipinski definition) is 0. The van der Waals surface area contributed by atoms with E-state index in [9.17, 15) is 0 Å². The van der Waals surface area contributed by atoms with Crippen LogP contribution in [0.15, 0.2) is 54.6 Å². The first-order valence-corrected chi connectivity index (χ1v) is 14.7. The van der Waals surface area contributed by atoms with E-state index < -0.39 is 8.07 Å². The zero-order chi connectivity index (χ0) is 18.9. The van der Waals surface area contributed by atoms with Crippen molar-refractivity contribution in [1.82, 2.24) is 0 Å². The second-order valence-electron chi connectivity index (χ2n) is 8.59. The fraction of sp³-hybridized carbons (Fsp3) is 0.208. The van der Waals surface area contributed by atoms with Crippen LogP contribution < -0.4 is 18.7 Å². The predicted molar refractivity (Wildman–Crippen MR) is 121 cm³/mol. The van der Waals surface area contributed by atoms with Crippen molar-refractivity contribution in [3.05, 3.63) is 60.2 Å². The third-order valence-corrected chi connectivity index (χ3v) is 10.6. The number of benzene rings is 3. The minimum atomic E-state index is -1.52. The maximum absolute atomic E-state index is 2.50. The molecule has 27 heavy (non-hydrogen) atoms. The monoisotopic (exact) mass is 434 g/mol. The minimum absolute atomic E-state index is 0.340. The second-order valence-corrected chi connectivity index (χ2v) is 15.8. The Balaban J connectivity index is 2.07. The molecule has 3 aromatic carbocycles. The molecule has 2 heterocycles. The molecule has 0 saturated carbocycles. The topological polar surface area (TPSA) is 3.88 Å². The fourth-order valence-electron chi connectivity index (χ4n) is 4.57. The maximum atomic E-state index is 2.50. The van der Waals surface area contributed by atoms with E-state index in [4.69, 9.17) is 0 Å². The Morgan fingerprint density at radius 2 is 1.67 bits per heavy atom. The van der Waals surface area contributed by atoms with E-state index in [0.717, 1.165) is 0 Å². The molecule has 0 radical (unpaired) electrons. The summed E-state index contributed by atoms with van der Waals surface area (Å²) in [6.07, 6.45) is 0. The molecular formula is C24H24NSeSi+. The van der Waals surface area contributed by atoms with Gasteiger partial charge >= 0.3 is 168 Å². The Hall–Kier alpha value is -1.93. The molecule has 0 saturated heterocycles. The molecule has 0 bridgehead atoms. The van der Waals surface area contributed by atoms with Crippen LogP contribution in [0, 0.1) is 6.92 Å². The number of para-hydroxylation sites is 1. The van der Waals surface area contributed by atoms with Gasteiger partial charge in [0.1, 0.15) is 0 Å². The van der Waals surface area contributed by atoms with Crippen LogP contribution in [0.5, 0.6) is 0 Å². The van der Waals surface area contributed by atoms with Crippen LogP contribution in [0.2, 0.25) is 19.6 Å². The van der Waals surface area contributed by atoms with Gasteiger partial charge in [-0.3, -0.25) is 0 Å². The quantitative estimate of drug-likeness (QED) is 0.282. The molecule has 0 spiro atoms. The van der Waals surface area contributed by atoms with Gasteiger partial charge in [-0.05, 0) is 0 Å². The summed E-state index contributed by atoms with van der Waals surface area (Å²) in [5, 5.41) is 5.99. The van der Waals surface area contributed by atoms with Gasteiger partial charge in [0.25, 0.3) is 0 Å². The average Bonchev–Trinajstić information content (AvgIpc) is 2.63. The van der Waals surface area contributed by atoms with E-state index in [0.29, 0.717) is 15.0 Å². The van der Waals surface area contributed by atoms with Crippen molar-refractivity contribution in [2.75, 3.05) is 0 Å². The molecule has 134 valence electrons. The summed E-state index contributed by atoms with van der Waals surface area (Å²) in [6.45, 7) is 9.77. The molecule has 0 fully saturated rings. The summed E-state index contributed by atoms with van der Waals surface area (Å²) in [7, 11) is 0.742. The fourth-order valence-corrected chi connectivity index (χ4v) is 11.2. The van der Waals surface area contributed by atoms with Crippen molar-refractivity contribution in [3.63, 3.8) is 0 Å². The summed E-state index contributed by atoms with van der Waals surface area (Å²) in [6, 6.07) is 20.5.